The summed E-state index contributed by atoms with van der Waals surface area (Å²) >= 11 is 0. The average Bonchev–Trinajstić information content (AvgIpc) is 1.97. The molecule has 0 spiro atoms. The summed E-state index contributed by atoms with van der Waals surface area (Å²) < 4.78 is 15.7. The maximum atomic E-state index is 10.8. The van der Waals surface area contributed by atoms with E-state index in [1.807, 2.05) is 0 Å². The molecule has 0 radical (unpaired) electrons. The van der Waals surface area contributed by atoms with Crippen LogP contribution in [-0.2, 0) is 9.09 Å². The lowest BCUT2D eigenvalue weighted by atomic mass is 10.5. The summed E-state index contributed by atoms with van der Waals surface area (Å²) in [6, 6.07) is 0. The van der Waals surface area contributed by atoms with Crippen LogP contribution in [0.2, 0.25) is 0 Å². The third-order valence-corrected chi connectivity index (χ3v) is 2.10. The van der Waals surface area contributed by atoms with Gasteiger partial charge in [0.25, 0.3) is 0 Å². The van der Waals surface area contributed by atoms with Gasteiger partial charge in [0.2, 0.25) is 0 Å². The van der Waals surface area contributed by atoms with Crippen LogP contribution in [0.3, 0.4) is 0 Å². The first-order chi connectivity index (χ1) is 4.81. The van der Waals surface area contributed by atoms with E-state index in [0.717, 1.165) is 6.42 Å². The van der Waals surface area contributed by atoms with Gasteiger partial charge in [-0.1, -0.05) is 12.2 Å². The zero-order valence-corrected chi connectivity index (χ0v) is 7.01. The molecule has 0 aromatic carbocycles. The molecule has 0 aromatic heterocycles. The van der Waals surface area contributed by atoms with Gasteiger partial charge < -0.3 is 4.52 Å². The Morgan fingerprint density at radius 3 is 2.60 bits per heavy atom. The van der Waals surface area contributed by atoms with Crippen molar-refractivity contribution in [3.05, 3.63) is 25.3 Å². The van der Waals surface area contributed by atoms with E-state index in [1.165, 1.54) is 0 Å². The Bertz CT molecular complexity index is 118. The second-order valence-electron chi connectivity index (χ2n) is 1.80. The third kappa shape index (κ3) is 5.80. The summed E-state index contributed by atoms with van der Waals surface area (Å²) in [4.78, 5) is 0. The minimum absolute atomic E-state index is 0.384. The fraction of sp³-hybridized carbons (Fsp3) is 0.429. The van der Waals surface area contributed by atoms with Crippen LogP contribution in [0.1, 0.15) is 6.42 Å². The SMILES string of the molecule is C=CCC[PH](=O)OCC=C. The second-order valence-corrected chi connectivity index (χ2v) is 3.33. The van der Waals surface area contributed by atoms with Crippen molar-refractivity contribution in [2.24, 2.45) is 0 Å². The highest BCUT2D eigenvalue weighted by atomic mass is 31.1. The quantitative estimate of drug-likeness (QED) is 0.440. The summed E-state index contributed by atoms with van der Waals surface area (Å²) in [5.74, 6) is 0. The Balaban J connectivity index is 3.24. The smallest absolute Gasteiger partial charge is 0.192 e. The molecular formula is C7H13O2P. The van der Waals surface area contributed by atoms with E-state index in [0.29, 0.717) is 12.8 Å². The van der Waals surface area contributed by atoms with Crippen LogP contribution >= 0.6 is 8.03 Å². The van der Waals surface area contributed by atoms with Crippen LogP contribution in [0, 0.1) is 0 Å². The molecule has 0 fully saturated rings. The van der Waals surface area contributed by atoms with Gasteiger partial charge in [-0.15, -0.1) is 13.2 Å². The summed E-state index contributed by atoms with van der Waals surface area (Å²) in [5.41, 5.74) is 0. The Hall–Kier alpha value is -0.330. The van der Waals surface area contributed by atoms with Crippen molar-refractivity contribution in [1.29, 1.82) is 0 Å². The van der Waals surface area contributed by atoms with Crippen LogP contribution in [0.5, 0.6) is 0 Å². The zero-order chi connectivity index (χ0) is 7.82. The van der Waals surface area contributed by atoms with E-state index in [9.17, 15) is 4.57 Å². The maximum absolute atomic E-state index is 10.8. The van der Waals surface area contributed by atoms with Crippen molar-refractivity contribution in [3.63, 3.8) is 0 Å². The van der Waals surface area contributed by atoms with Crippen LogP contribution in [0.15, 0.2) is 25.3 Å². The van der Waals surface area contributed by atoms with Gasteiger partial charge in [0.05, 0.1) is 6.61 Å². The average molecular weight is 160 g/mol. The number of hydrogen-bond donors (Lipinski definition) is 0. The fourth-order valence-electron chi connectivity index (χ4n) is 0.444. The highest BCUT2D eigenvalue weighted by molar-refractivity contribution is 7.39. The van der Waals surface area contributed by atoms with Crippen molar-refractivity contribution in [2.75, 3.05) is 12.8 Å². The van der Waals surface area contributed by atoms with Gasteiger partial charge in [0, 0.05) is 6.16 Å². The van der Waals surface area contributed by atoms with Crippen LogP contribution in [0.25, 0.3) is 0 Å². The largest absolute Gasteiger partial charge is 0.326 e. The monoisotopic (exact) mass is 160 g/mol. The van der Waals surface area contributed by atoms with Gasteiger partial charge >= 0.3 is 0 Å². The molecule has 0 bridgehead atoms. The number of hydrogen-bond acceptors (Lipinski definition) is 2. The summed E-state index contributed by atoms with van der Waals surface area (Å²) in [7, 11) is -1.81. The lowest BCUT2D eigenvalue weighted by Gasteiger charge is -1.97. The third-order valence-electron chi connectivity index (χ3n) is 0.915. The van der Waals surface area contributed by atoms with E-state index < -0.39 is 8.03 Å². The molecule has 0 saturated heterocycles. The Morgan fingerprint density at radius 2 is 2.10 bits per heavy atom. The van der Waals surface area contributed by atoms with Gasteiger partial charge in [-0.3, -0.25) is 4.57 Å². The molecule has 58 valence electrons. The molecule has 0 aliphatic heterocycles. The molecular weight excluding hydrogens is 147 g/mol. The van der Waals surface area contributed by atoms with Crippen molar-refractivity contribution in [3.8, 4) is 0 Å². The van der Waals surface area contributed by atoms with Crippen LogP contribution in [0.4, 0.5) is 0 Å². The molecule has 0 heterocycles. The maximum Gasteiger partial charge on any atom is 0.192 e. The molecule has 10 heavy (non-hydrogen) atoms. The predicted octanol–water partition coefficient (Wildman–Crippen LogP) is 2.24. The minimum atomic E-state index is -1.81. The van der Waals surface area contributed by atoms with E-state index in [2.05, 4.69) is 13.2 Å². The lowest BCUT2D eigenvalue weighted by molar-refractivity contribution is 0.371. The van der Waals surface area contributed by atoms with Crippen LogP contribution in [-0.4, -0.2) is 12.8 Å². The first-order valence-electron chi connectivity index (χ1n) is 3.18. The Labute approximate surface area is 62.5 Å². The van der Waals surface area contributed by atoms with E-state index in [4.69, 9.17) is 4.52 Å². The summed E-state index contributed by atoms with van der Waals surface area (Å²) in [6.07, 6.45) is 4.69. The fourth-order valence-corrected chi connectivity index (χ4v) is 1.33. The lowest BCUT2D eigenvalue weighted by Crippen LogP contribution is -1.82. The molecule has 2 nitrogen and oxygen atoms in total. The van der Waals surface area contributed by atoms with Gasteiger partial charge in [-0.25, -0.2) is 0 Å². The number of rotatable bonds is 6. The molecule has 0 rings (SSSR count). The highest BCUT2D eigenvalue weighted by Gasteiger charge is 1.94. The zero-order valence-electron chi connectivity index (χ0n) is 6.01. The molecule has 0 aliphatic carbocycles. The Morgan fingerprint density at radius 1 is 1.40 bits per heavy atom. The first-order valence-corrected chi connectivity index (χ1v) is 4.71. The minimum Gasteiger partial charge on any atom is -0.326 e. The Kier molecular flexibility index (Phi) is 6.56. The van der Waals surface area contributed by atoms with Gasteiger partial charge in [0.15, 0.2) is 8.03 Å². The molecule has 0 aliphatic rings. The summed E-state index contributed by atoms with van der Waals surface area (Å²) in [5, 5.41) is 0. The van der Waals surface area contributed by atoms with E-state index in [1.54, 1.807) is 12.2 Å². The second kappa shape index (κ2) is 6.79. The van der Waals surface area contributed by atoms with Crippen molar-refractivity contribution >= 4 is 8.03 Å². The van der Waals surface area contributed by atoms with Gasteiger partial charge in [-0.05, 0) is 6.42 Å². The van der Waals surface area contributed by atoms with E-state index >= 15 is 0 Å². The van der Waals surface area contributed by atoms with Gasteiger partial charge in [-0.2, -0.15) is 0 Å². The molecule has 0 aromatic rings. The molecule has 0 amide bonds. The highest BCUT2D eigenvalue weighted by Crippen LogP contribution is 2.22. The normalized spacial score (nSPS) is 12.4. The first kappa shape index (κ1) is 9.67. The van der Waals surface area contributed by atoms with Crippen molar-refractivity contribution in [1.82, 2.24) is 0 Å². The predicted molar refractivity (Wildman–Crippen MR) is 44.8 cm³/mol. The van der Waals surface area contributed by atoms with Crippen molar-refractivity contribution < 1.29 is 9.09 Å². The molecule has 1 unspecified atom stereocenters. The number of allylic oxidation sites excluding steroid dienone is 1. The van der Waals surface area contributed by atoms with E-state index in [-0.39, 0.29) is 0 Å². The molecule has 3 heteroatoms. The van der Waals surface area contributed by atoms with Crippen LogP contribution < -0.4 is 0 Å². The molecule has 0 saturated carbocycles. The molecule has 0 N–H and O–H groups in total. The van der Waals surface area contributed by atoms with Gasteiger partial charge in [0.1, 0.15) is 0 Å². The molecule has 1 atom stereocenters. The standard InChI is InChI=1S/C7H13O2P/c1-3-5-7-10(8)9-6-4-2/h3-4,10H,1-2,5-7H2. The summed E-state index contributed by atoms with van der Waals surface area (Å²) in [6.45, 7) is 7.34. The van der Waals surface area contributed by atoms with Crippen molar-refractivity contribution in [2.45, 2.75) is 6.42 Å². The topological polar surface area (TPSA) is 26.3 Å².